The lowest BCUT2D eigenvalue weighted by atomic mass is 9.84. The van der Waals surface area contributed by atoms with Crippen molar-refractivity contribution in [1.29, 1.82) is 0 Å². The number of fused-ring (bicyclic) bond motifs is 2. The van der Waals surface area contributed by atoms with Gasteiger partial charge in [-0.3, -0.25) is 9.59 Å². The summed E-state index contributed by atoms with van der Waals surface area (Å²) < 4.78 is 0. The van der Waals surface area contributed by atoms with Crippen molar-refractivity contribution in [1.82, 2.24) is 0 Å². The molecule has 2 nitrogen and oxygen atoms in total. The van der Waals surface area contributed by atoms with E-state index >= 15 is 0 Å². The first kappa shape index (κ1) is 25.7. The van der Waals surface area contributed by atoms with Crippen LogP contribution in [0.4, 0.5) is 0 Å². The highest BCUT2D eigenvalue weighted by Crippen LogP contribution is 2.28. The predicted octanol–water partition coefficient (Wildman–Crippen LogP) is 7.26. The molecule has 0 fully saturated rings. The summed E-state index contributed by atoms with van der Waals surface area (Å²) in [7, 11) is 0. The van der Waals surface area contributed by atoms with E-state index in [0.29, 0.717) is 0 Å². The van der Waals surface area contributed by atoms with Crippen LogP contribution in [0.1, 0.15) is 58.4 Å². The highest BCUT2D eigenvalue weighted by molar-refractivity contribution is 8.13. The second-order valence-corrected chi connectivity index (χ2v) is 11.6. The zero-order valence-electron chi connectivity index (χ0n) is 21.1. The highest BCUT2D eigenvalue weighted by atomic mass is 32.2. The minimum atomic E-state index is 0.0800. The Bertz CT molecular complexity index is 1530. The molecule has 0 atom stereocenters. The summed E-state index contributed by atoms with van der Waals surface area (Å²) in [5.41, 5.74) is 9.17. The molecule has 0 saturated heterocycles. The van der Waals surface area contributed by atoms with Crippen LogP contribution in [-0.2, 0) is 22.4 Å². The Hall–Kier alpha value is -3.96. The van der Waals surface area contributed by atoms with E-state index < -0.39 is 0 Å². The molecule has 0 heterocycles. The summed E-state index contributed by atoms with van der Waals surface area (Å²) in [6.07, 6.45) is 1.78. The molecule has 0 bridgehead atoms. The lowest BCUT2D eigenvalue weighted by Crippen LogP contribution is -2.08. The number of rotatable bonds is 2. The van der Waals surface area contributed by atoms with Crippen molar-refractivity contribution >= 4 is 33.8 Å². The monoisotopic (exact) mass is 528 g/mol. The number of carbonyl (C=O) groups is 2. The maximum absolute atomic E-state index is 11.3. The van der Waals surface area contributed by atoms with Crippen molar-refractivity contribution in [3.05, 3.63) is 129 Å². The van der Waals surface area contributed by atoms with Gasteiger partial charge in [0.2, 0.25) is 0 Å². The van der Waals surface area contributed by atoms with Crippen molar-refractivity contribution in [2.24, 2.45) is 0 Å². The van der Waals surface area contributed by atoms with Gasteiger partial charge >= 0.3 is 0 Å². The van der Waals surface area contributed by atoms with E-state index in [4.69, 9.17) is 0 Å². The molecule has 4 aromatic rings. The van der Waals surface area contributed by atoms with Gasteiger partial charge in [0.25, 0.3) is 0 Å². The number of hydrogen-bond donors (Lipinski definition) is 0. The van der Waals surface area contributed by atoms with Gasteiger partial charge in [-0.2, -0.15) is 0 Å². The van der Waals surface area contributed by atoms with Gasteiger partial charge in [0.1, 0.15) is 0 Å². The van der Waals surface area contributed by atoms with Crippen molar-refractivity contribution in [2.45, 2.75) is 36.5 Å². The highest BCUT2D eigenvalue weighted by Gasteiger charge is 2.15. The average Bonchev–Trinajstić information content (AvgIpc) is 2.90. The van der Waals surface area contributed by atoms with E-state index in [-0.39, 0.29) is 10.2 Å². The lowest BCUT2D eigenvalue weighted by molar-refractivity contribution is -0.109. The molecule has 0 unspecified atom stereocenters. The Morgan fingerprint density at radius 3 is 1.21 bits per heavy atom. The van der Waals surface area contributed by atoms with Crippen molar-refractivity contribution in [2.75, 3.05) is 0 Å². The third kappa shape index (κ3) is 6.67. The van der Waals surface area contributed by atoms with E-state index in [1.807, 2.05) is 48.5 Å². The zero-order chi connectivity index (χ0) is 26.5. The molecule has 184 valence electrons. The molecule has 0 N–H and O–H groups in total. The first-order chi connectivity index (χ1) is 18.4. The Morgan fingerprint density at radius 1 is 0.500 bits per heavy atom. The molecule has 5 rings (SSSR count). The lowest BCUT2D eigenvalue weighted by Gasteiger charge is -2.20. The molecule has 0 spiro atoms. The van der Waals surface area contributed by atoms with Gasteiger partial charge in [-0.1, -0.05) is 59.3 Å². The molecule has 0 aliphatic heterocycles. The first-order valence-electron chi connectivity index (χ1n) is 12.3. The molecule has 0 saturated carbocycles. The molecule has 0 amide bonds. The Kier molecular flexibility index (Phi) is 7.85. The second kappa shape index (κ2) is 11.6. The smallest absolute Gasteiger partial charge is 0.190 e. The third-order valence-electron chi connectivity index (χ3n) is 6.11. The Labute approximate surface area is 232 Å². The predicted molar refractivity (Wildman–Crippen MR) is 156 cm³/mol. The summed E-state index contributed by atoms with van der Waals surface area (Å²) in [5.74, 6) is 13.1. The standard InChI is InChI=1S/C34H24O2S2/c1-23(35)37-33-15-9-25(10-16-33)3-5-27-7-13-29-22-32-20-28(8-14-30(32)21-31(29)19-27)6-4-26-11-17-34(18-12-26)38-24(2)36/h7-20H,21-22H2,1-2H3. The van der Waals surface area contributed by atoms with E-state index in [2.05, 4.69) is 60.1 Å². The summed E-state index contributed by atoms with van der Waals surface area (Å²) >= 11 is 2.46. The zero-order valence-corrected chi connectivity index (χ0v) is 22.8. The SMILES string of the molecule is CC(=O)Sc1ccc(C#Cc2ccc3c(c2)Cc2ccc(C#Cc4ccc(SC(C)=O)cc4)cc2C3)cc1. The van der Waals surface area contributed by atoms with Crippen LogP contribution in [0.2, 0.25) is 0 Å². The molecule has 0 aromatic heterocycles. The van der Waals surface area contributed by atoms with Gasteiger partial charge in [0, 0.05) is 45.9 Å². The van der Waals surface area contributed by atoms with E-state index in [0.717, 1.165) is 44.9 Å². The molecular formula is C34H24O2S2. The molecular weight excluding hydrogens is 505 g/mol. The van der Waals surface area contributed by atoms with Crippen LogP contribution in [-0.4, -0.2) is 10.2 Å². The van der Waals surface area contributed by atoms with E-state index in [1.165, 1.54) is 45.8 Å². The van der Waals surface area contributed by atoms with E-state index in [9.17, 15) is 9.59 Å². The Balaban J connectivity index is 1.28. The van der Waals surface area contributed by atoms with Crippen LogP contribution < -0.4 is 0 Å². The summed E-state index contributed by atoms with van der Waals surface area (Å²) in [5, 5.41) is 0.160. The summed E-state index contributed by atoms with van der Waals surface area (Å²) in [6.45, 7) is 3.14. The van der Waals surface area contributed by atoms with Crippen LogP contribution in [0.5, 0.6) is 0 Å². The molecule has 0 radical (unpaired) electrons. The largest absolute Gasteiger partial charge is 0.287 e. The fraction of sp³-hybridized carbons (Fsp3) is 0.118. The molecule has 38 heavy (non-hydrogen) atoms. The van der Waals surface area contributed by atoms with Crippen LogP contribution in [0.25, 0.3) is 0 Å². The molecule has 1 aliphatic rings. The summed E-state index contributed by atoms with van der Waals surface area (Å²) in [6, 6.07) is 28.5. The number of thioether (sulfide) groups is 2. The number of hydrogen-bond acceptors (Lipinski definition) is 4. The fourth-order valence-electron chi connectivity index (χ4n) is 4.32. The molecule has 4 aromatic carbocycles. The normalized spacial score (nSPS) is 11.2. The Morgan fingerprint density at radius 2 is 0.842 bits per heavy atom. The van der Waals surface area contributed by atoms with Crippen molar-refractivity contribution < 1.29 is 9.59 Å². The number of carbonyl (C=O) groups excluding carboxylic acids is 2. The third-order valence-corrected chi connectivity index (χ3v) is 7.70. The second-order valence-electron chi connectivity index (χ2n) is 9.06. The van der Waals surface area contributed by atoms with Gasteiger partial charge < -0.3 is 0 Å². The van der Waals surface area contributed by atoms with Crippen LogP contribution in [0, 0.1) is 23.7 Å². The molecule has 1 aliphatic carbocycles. The maximum Gasteiger partial charge on any atom is 0.190 e. The molecule has 4 heteroatoms. The first-order valence-corrected chi connectivity index (χ1v) is 13.9. The van der Waals surface area contributed by atoms with Crippen LogP contribution >= 0.6 is 23.5 Å². The van der Waals surface area contributed by atoms with Crippen molar-refractivity contribution in [3.8, 4) is 23.7 Å². The minimum Gasteiger partial charge on any atom is -0.287 e. The van der Waals surface area contributed by atoms with Gasteiger partial charge in [-0.05, 0) is 108 Å². The average molecular weight is 529 g/mol. The quantitative estimate of drug-likeness (QED) is 0.178. The van der Waals surface area contributed by atoms with E-state index in [1.54, 1.807) is 13.8 Å². The fourth-order valence-corrected chi connectivity index (χ4v) is 5.53. The minimum absolute atomic E-state index is 0.0800. The van der Waals surface area contributed by atoms with Crippen LogP contribution in [0.3, 0.4) is 0 Å². The van der Waals surface area contributed by atoms with Gasteiger partial charge in [0.05, 0.1) is 0 Å². The topological polar surface area (TPSA) is 34.1 Å². The van der Waals surface area contributed by atoms with Crippen LogP contribution in [0.15, 0.2) is 94.7 Å². The van der Waals surface area contributed by atoms with Gasteiger partial charge in [-0.25, -0.2) is 0 Å². The van der Waals surface area contributed by atoms with Crippen molar-refractivity contribution in [3.63, 3.8) is 0 Å². The number of benzene rings is 4. The van der Waals surface area contributed by atoms with Gasteiger partial charge in [-0.15, -0.1) is 0 Å². The van der Waals surface area contributed by atoms with Gasteiger partial charge in [0.15, 0.2) is 10.2 Å². The summed E-state index contributed by atoms with van der Waals surface area (Å²) in [4.78, 5) is 24.4. The maximum atomic E-state index is 11.3.